The number of aryl methyl sites for hydroxylation is 1. The third-order valence-corrected chi connectivity index (χ3v) is 7.12. The minimum atomic E-state index is -0.418. The van der Waals surface area contributed by atoms with Crippen LogP contribution in [0.25, 0.3) is 22.0 Å². The molecular formula is C26H24N4OS2. The number of aromatic nitrogens is 2. The van der Waals surface area contributed by atoms with E-state index < -0.39 is 5.25 Å². The van der Waals surface area contributed by atoms with Gasteiger partial charge in [-0.1, -0.05) is 61.5 Å². The normalized spacial score (nSPS) is 11.8. The number of thioether (sulfide) groups is 1. The van der Waals surface area contributed by atoms with Gasteiger partial charge in [0.1, 0.15) is 11.1 Å². The van der Waals surface area contributed by atoms with Crippen LogP contribution in [-0.2, 0) is 11.2 Å². The number of rotatable bonds is 8. The SMILES string of the molecule is CCCCc1ccc(C#N)c(SC(C)C(=O)Nc2nc(-c3ccc4ccccc4c3)cs2)n1. The molecule has 0 spiro atoms. The number of nitrogens with one attached hydrogen (secondary N) is 1. The molecule has 1 amide bonds. The molecule has 166 valence electrons. The quantitative estimate of drug-likeness (QED) is 0.289. The van der Waals surface area contributed by atoms with Crippen LogP contribution in [0, 0.1) is 11.3 Å². The molecule has 1 atom stereocenters. The van der Waals surface area contributed by atoms with E-state index in [1.165, 1.54) is 28.5 Å². The predicted molar refractivity (Wildman–Crippen MR) is 137 cm³/mol. The Bertz CT molecular complexity index is 1330. The second-order valence-corrected chi connectivity index (χ2v) is 9.91. The van der Waals surface area contributed by atoms with Gasteiger partial charge in [-0.2, -0.15) is 5.26 Å². The van der Waals surface area contributed by atoms with Gasteiger partial charge in [0.2, 0.25) is 5.91 Å². The zero-order chi connectivity index (χ0) is 23.2. The van der Waals surface area contributed by atoms with E-state index in [2.05, 4.69) is 52.5 Å². The predicted octanol–water partition coefficient (Wildman–Crippen LogP) is 6.69. The summed E-state index contributed by atoms with van der Waals surface area (Å²) >= 11 is 2.71. The lowest BCUT2D eigenvalue weighted by atomic mass is 10.1. The molecule has 2 heterocycles. The largest absolute Gasteiger partial charge is 0.301 e. The second kappa shape index (κ2) is 10.6. The van der Waals surface area contributed by atoms with E-state index in [1.54, 1.807) is 6.07 Å². The number of benzene rings is 2. The van der Waals surface area contributed by atoms with Crippen LogP contribution in [-0.4, -0.2) is 21.1 Å². The van der Waals surface area contributed by atoms with E-state index in [0.717, 1.165) is 41.6 Å². The number of thiazole rings is 1. The first-order valence-corrected chi connectivity index (χ1v) is 12.7. The number of pyridine rings is 1. The first kappa shape index (κ1) is 23.0. The van der Waals surface area contributed by atoms with Crippen LogP contribution in [0.4, 0.5) is 5.13 Å². The van der Waals surface area contributed by atoms with Crippen molar-refractivity contribution in [3.8, 4) is 17.3 Å². The molecule has 4 rings (SSSR count). The van der Waals surface area contributed by atoms with Crippen molar-refractivity contribution in [3.63, 3.8) is 0 Å². The monoisotopic (exact) mass is 472 g/mol. The molecule has 0 saturated heterocycles. The van der Waals surface area contributed by atoms with Crippen molar-refractivity contribution < 1.29 is 4.79 Å². The molecule has 0 radical (unpaired) electrons. The van der Waals surface area contributed by atoms with Gasteiger partial charge in [0.15, 0.2) is 5.13 Å². The van der Waals surface area contributed by atoms with Gasteiger partial charge in [0.05, 0.1) is 16.5 Å². The second-order valence-electron chi connectivity index (χ2n) is 7.72. The molecule has 2 aromatic carbocycles. The van der Waals surface area contributed by atoms with Gasteiger partial charge < -0.3 is 5.32 Å². The highest BCUT2D eigenvalue weighted by atomic mass is 32.2. The van der Waals surface area contributed by atoms with Crippen LogP contribution in [0.15, 0.2) is 65.0 Å². The topological polar surface area (TPSA) is 78.7 Å². The maximum Gasteiger partial charge on any atom is 0.239 e. The molecule has 2 aromatic heterocycles. The molecule has 33 heavy (non-hydrogen) atoms. The van der Waals surface area contributed by atoms with Crippen molar-refractivity contribution in [2.45, 2.75) is 43.4 Å². The standard InChI is InChI=1S/C26H24N4OS2/c1-3-4-9-22-13-12-21(15-27)25(28-22)33-17(2)24(31)30-26-29-23(16-32-26)20-11-10-18-7-5-6-8-19(18)14-20/h5-8,10-14,16-17H,3-4,9H2,1-2H3,(H,29,30,31). The summed E-state index contributed by atoms with van der Waals surface area (Å²) in [6.07, 6.45) is 2.99. The highest BCUT2D eigenvalue weighted by molar-refractivity contribution is 8.00. The van der Waals surface area contributed by atoms with Gasteiger partial charge in [-0.3, -0.25) is 4.79 Å². The Labute approximate surface area is 201 Å². The average molecular weight is 473 g/mol. The van der Waals surface area contributed by atoms with E-state index in [4.69, 9.17) is 0 Å². The van der Waals surface area contributed by atoms with Crippen LogP contribution in [0.1, 0.15) is 37.9 Å². The maximum absolute atomic E-state index is 12.8. The molecule has 0 aliphatic carbocycles. The van der Waals surface area contributed by atoms with E-state index in [0.29, 0.717) is 15.7 Å². The first-order chi connectivity index (χ1) is 16.1. The molecule has 1 N–H and O–H groups in total. The summed E-state index contributed by atoms with van der Waals surface area (Å²) in [7, 11) is 0. The van der Waals surface area contributed by atoms with Crippen molar-refractivity contribution in [1.82, 2.24) is 9.97 Å². The molecule has 4 aromatic rings. The molecule has 0 aliphatic heterocycles. The Morgan fingerprint density at radius 3 is 2.76 bits per heavy atom. The first-order valence-electron chi connectivity index (χ1n) is 10.9. The van der Waals surface area contributed by atoms with Crippen LogP contribution in [0.3, 0.4) is 0 Å². The Balaban J connectivity index is 1.44. The Kier molecular flexibility index (Phi) is 7.38. The van der Waals surface area contributed by atoms with Crippen molar-refractivity contribution in [1.29, 1.82) is 5.26 Å². The fourth-order valence-electron chi connectivity index (χ4n) is 3.39. The van der Waals surface area contributed by atoms with Crippen molar-refractivity contribution in [2.75, 3.05) is 5.32 Å². The van der Waals surface area contributed by atoms with Crippen LogP contribution < -0.4 is 5.32 Å². The van der Waals surface area contributed by atoms with Gasteiger partial charge in [0.25, 0.3) is 0 Å². The number of nitrogens with zero attached hydrogens (tertiary/aromatic N) is 3. The number of hydrogen-bond donors (Lipinski definition) is 1. The Hall–Kier alpha value is -3.21. The number of carbonyl (C=O) groups excluding carboxylic acids is 1. The third kappa shape index (κ3) is 5.59. The van der Waals surface area contributed by atoms with Crippen molar-refractivity contribution >= 4 is 44.9 Å². The van der Waals surface area contributed by atoms with Crippen LogP contribution >= 0.6 is 23.1 Å². The lowest BCUT2D eigenvalue weighted by Gasteiger charge is -2.12. The average Bonchev–Trinajstić information content (AvgIpc) is 3.31. The molecule has 1 unspecified atom stereocenters. The van der Waals surface area contributed by atoms with Crippen LogP contribution in [0.5, 0.6) is 0 Å². The summed E-state index contributed by atoms with van der Waals surface area (Å²) in [5.41, 5.74) is 3.29. The number of anilines is 1. The highest BCUT2D eigenvalue weighted by Crippen LogP contribution is 2.30. The summed E-state index contributed by atoms with van der Waals surface area (Å²) in [6.45, 7) is 3.95. The van der Waals surface area contributed by atoms with E-state index in [-0.39, 0.29) is 5.91 Å². The van der Waals surface area contributed by atoms with Gasteiger partial charge in [-0.25, -0.2) is 9.97 Å². The zero-order valence-electron chi connectivity index (χ0n) is 18.5. The number of fused-ring (bicyclic) bond motifs is 1. The van der Waals surface area contributed by atoms with E-state index in [1.807, 2.05) is 36.6 Å². The fourth-order valence-corrected chi connectivity index (χ4v) is 5.03. The summed E-state index contributed by atoms with van der Waals surface area (Å²) in [4.78, 5) is 22.1. The summed E-state index contributed by atoms with van der Waals surface area (Å²) in [6, 6.07) is 20.3. The number of unbranched alkanes of at least 4 members (excludes halogenated alkanes) is 1. The number of carbonyl (C=O) groups is 1. The lowest BCUT2D eigenvalue weighted by Crippen LogP contribution is -2.22. The maximum atomic E-state index is 12.8. The molecule has 7 heteroatoms. The summed E-state index contributed by atoms with van der Waals surface area (Å²) in [5.74, 6) is -0.163. The smallest absolute Gasteiger partial charge is 0.239 e. The van der Waals surface area contributed by atoms with Gasteiger partial charge in [0, 0.05) is 16.6 Å². The molecule has 0 aliphatic rings. The summed E-state index contributed by atoms with van der Waals surface area (Å²) < 4.78 is 0. The molecule has 0 bridgehead atoms. The van der Waals surface area contributed by atoms with Gasteiger partial charge in [-0.05, 0) is 48.7 Å². The Morgan fingerprint density at radius 2 is 1.97 bits per heavy atom. The van der Waals surface area contributed by atoms with E-state index in [9.17, 15) is 10.1 Å². The van der Waals surface area contributed by atoms with Crippen LogP contribution in [0.2, 0.25) is 0 Å². The fraction of sp³-hybridized carbons (Fsp3) is 0.231. The zero-order valence-corrected chi connectivity index (χ0v) is 20.2. The molecule has 0 saturated carbocycles. The molecule has 0 fully saturated rings. The Morgan fingerprint density at radius 1 is 1.15 bits per heavy atom. The van der Waals surface area contributed by atoms with Crippen molar-refractivity contribution in [3.05, 3.63) is 71.2 Å². The number of nitriles is 1. The number of hydrogen-bond acceptors (Lipinski definition) is 6. The number of amides is 1. The van der Waals surface area contributed by atoms with Crippen molar-refractivity contribution in [2.24, 2.45) is 0 Å². The molecule has 5 nitrogen and oxygen atoms in total. The third-order valence-electron chi connectivity index (χ3n) is 5.26. The van der Waals surface area contributed by atoms with E-state index >= 15 is 0 Å². The minimum Gasteiger partial charge on any atom is -0.301 e. The molecular weight excluding hydrogens is 448 g/mol. The van der Waals surface area contributed by atoms with Gasteiger partial charge >= 0.3 is 0 Å². The highest BCUT2D eigenvalue weighted by Gasteiger charge is 2.19. The summed E-state index contributed by atoms with van der Waals surface area (Å²) in [5, 5.41) is 17.4. The van der Waals surface area contributed by atoms with Gasteiger partial charge in [-0.15, -0.1) is 11.3 Å². The minimum absolute atomic E-state index is 0.163. The lowest BCUT2D eigenvalue weighted by molar-refractivity contribution is -0.115.